The van der Waals surface area contributed by atoms with Crippen LogP contribution in [0.2, 0.25) is 0 Å². The molecule has 0 aromatic heterocycles. The Hall–Kier alpha value is -4.68. The molecule has 0 fully saturated rings. The summed E-state index contributed by atoms with van der Waals surface area (Å²) in [6.45, 7) is 7.90. The number of hydrogen-bond donors (Lipinski definition) is 2. The molecule has 47 heavy (non-hydrogen) atoms. The fourth-order valence-corrected chi connectivity index (χ4v) is 7.89. The Bertz CT molecular complexity index is 1940. The van der Waals surface area contributed by atoms with Crippen molar-refractivity contribution in [2.75, 3.05) is 28.2 Å². The average Bonchev–Trinajstić information content (AvgIpc) is 3.02. The van der Waals surface area contributed by atoms with E-state index in [1.165, 1.54) is 24.3 Å². The molecule has 4 rings (SSSR count). The van der Waals surface area contributed by atoms with Gasteiger partial charge in [-0.25, -0.2) is 16.8 Å². The van der Waals surface area contributed by atoms with Gasteiger partial charge >= 0.3 is 0 Å². The molecule has 0 radical (unpaired) electrons. The van der Waals surface area contributed by atoms with Gasteiger partial charge in [0.1, 0.15) is 13.1 Å². The Morgan fingerprint density at radius 3 is 1.38 bits per heavy atom. The zero-order chi connectivity index (χ0) is 34.4. The molecule has 0 unspecified atom stereocenters. The molecule has 10 nitrogen and oxygen atoms in total. The zero-order valence-electron chi connectivity index (χ0n) is 27.1. The predicted molar refractivity (Wildman–Crippen MR) is 184 cm³/mol. The Morgan fingerprint density at radius 1 is 0.596 bits per heavy atom. The molecule has 12 heteroatoms. The lowest BCUT2D eigenvalue weighted by molar-refractivity contribution is -0.122. The molecule has 4 aromatic carbocycles. The third-order valence-electron chi connectivity index (χ3n) is 7.57. The molecule has 2 amide bonds. The van der Waals surface area contributed by atoms with E-state index in [1.807, 2.05) is 13.8 Å². The molecule has 248 valence electrons. The van der Waals surface area contributed by atoms with E-state index in [4.69, 9.17) is 0 Å². The minimum Gasteiger partial charge on any atom is -0.352 e. The summed E-state index contributed by atoms with van der Waals surface area (Å²) in [7, 11) is -8.18. The predicted octanol–water partition coefficient (Wildman–Crippen LogP) is 4.63. The van der Waals surface area contributed by atoms with Gasteiger partial charge in [0.2, 0.25) is 11.8 Å². The van der Waals surface area contributed by atoms with Crippen molar-refractivity contribution < 1.29 is 26.4 Å². The molecular weight excluding hydrogens is 637 g/mol. The summed E-state index contributed by atoms with van der Waals surface area (Å²) in [5.41, 5.74) is 3.89. The minimum absolute atomic E-state index is 0.0220. The normalized spacial score (nSPS) is 12.2. The van der Waals surface area contributed by atoms with E-state index in [0.717, 1.165) is 19.7 Å². The molecule has 0 aliphatic carbocycles. The number of nitrogens with zero attached hydrogens (tertiary/aromatic N) is 2. The maximum absolute atomic E-state index is 13.7. The fourth-order valence-electron chi connectivity index (χ4n) is 4.92. The van der Waals surface area contributed by atoms with Crippen LogP contribution in [0.5, 0.6) is 0 Å². The molecule has 0 aliphatic heterocycles. The van der Waals surface area contributed by atoms with Crippen molar-refractivity contribution in [3.8, 4) is 0 Å². The first-order valence-corrected chi connectivity index (χ1v) is 17.9. The van der Waals surface area contributed by atoms with E-state index >= 15 is 0 Å². The molecule has 0 heterocycles. The average molecular weight is 677 g/mol. The molecule has 0 spiro atoms. The van der Waals surface area contributed by atoms with Gasteiger partial charge in [0.15, 0.2) is 0 Å². The summed E-state index contributed by atoms with van der Waals surface area (Å²) in [6.07, 6.45) is 0. The number of carbonyl (C=O) groups excluding carboxylic acids is 2. The Labute approximate surface area is 277 Å². The van der Waals surface area contributed by atoms with Gasteiger partial charge in [-0.1, -0.05) is 71.8 Å². The highest BCUT2D eigenvalue weighted by Gasteiger charge is 2.30. The number of rotatable bonds is 13. The molecule has 1 atom stereocenters. The summed E-state index contributed by atoms with van der Waals surface area (Å²) in [5.74, 6) is -1.15. The van der Waals surface area contributed by atoms with E-state index < -0.39 is 51.0 Å². The number of amides is 2. The number of sulfonamides is 2. The summed E-state index contributed by atoms with van der Waals surface area (Å²) < 4.78 is 57.0. The van der Waals surface area contributed by atoms with Crippen LogP contribution in [0.25, 0.3) is 0 Å². The van der Waals surface area contributed by atoms with Gasteiger partial charge in [0.25, 0.3) is 20.0 Å². The standard InChI is InChI=1S/C35H40N4O6S2/c1-25-14-18-30(19-15-25)46(42,43)38(32-12-8-6-10-27(32)3)23-34(40)36-22-29(5)37-35(41)24-39(33-13-9-7-11-28(33)4)47(44,45)31-20-16-26(2)17-21-31/h6-21,29H,22-24H2,1-5H3,(H,36,40)(H,37,41)/t29-/m0/s1. The molecule has 0 bridgehead atoms. The Kier molecular flexibility index (Phi) is 11.1. The zero-order valence-corrected chi connectivity index (χ0v) is 28.7. The van der Waals surface area contributed by atoms with Gasteiger partial charge in [-0.15, -0.1) is 0 Å². The second-order valence-electron chi connectivity index (χ2n) is 11.5. The van der Waals surface area contributed by atoms with Crippen LogP contribution in [-0.4, -0.2) is 54.3 Å². The lowest BCUT2D eigenvalue weighted by Crippen LogP contribution is -2.48. The third-order valence-corrected chi connectivity index (χ3v) is 11.1. The van der Waals surface area contributed by atoms with Crippen molar-refractivity contribution in [1.82, 2.24) is 10.6 Å². The first-order chi connectivity index (χ1) is 22.2. The first kappa shape index (κ1) is 35.2. The monoisotopic (exact) mass is 676 g/mol. The van der Waals surface area contributed by atoms with Crippen LogP contribution in [0.15, 0.2) is 107 Å². The fraction of sp³-hybridized carbons (Fsp3) is 0.257. The highest BCUT2D eigenvalue weighted by Crippen LogP contribution is 2.28. The smallest absolute Gasteiger partial charge is 0.264 e. The number of para-hydroxylation sites is 2. The summed E-state index contributed by atoms with van der Waals surface area (Å²) >= 11 is 0. The topological polar surface area (TPSA) is 133 Å². The molecule has 2 N–H and O–H groups in total. The number of anilines is 2. The SMILES string of the molecule is Cc1ccc(S(=O)(=O)N(CC(=O)NC[C@H](C)NC(=O)CN(c2ccccc2C)S(=O)(=O)c2ccc(C)cc2)c2ccccc2C)cc1. The van der Waals surface area contributed by atoms with E-state index in [-0.39, 0.29) is 16.3 Å². The van der Waals surface area contributed by atoms with Crippen molar-refractivity contribution in [3.05, 3.63) is 119 Å². The number of benzene rings is 4. The summed E-state index contributed by atoms with van der Waals surface area (Å²) in [6, 6.07) is 26.0. The van der Waals surface area contributed by atoms with Crippen LogP contribution in [0.4, 0.5) is 11.4 Å². The molecule has 0 saturated carbocycles. The van der Waals surface area contributed by atoms with E-state index in [9.17, 15) is 26.4 Å². The van der Waals surface area contributed by atoms with Crippen LogP contribution < -0.4 is 19.2 Å². The van der Waals surface area contributed by atoms with Crippen LogP contribution in [0.3, 0.4) is 0 Å². The molecule has 0 aliphatic rings. The Balaban J connectivity index is 1.46. The van der Waals surface area contributed by atoms with E-state index in [0.29, 0.717) is 22.5 Å². The van der Waals surface area contributed by atoms with Gasteiger partial charge in [-0.05, 0) is 82.1 Å². The third kappa shape index (κ3) is 8.57. The molecular formula is C35H40N4O6S2. The number of nitrogens with one attached hydrogen (secondary N) is 2. The van der Waals surface area contributed by atoms with Gasteiger partial charge in [-0.3, -0.25) is 18.2 Å². The quantitative estimate of drug-likeness (QED) is 0.212. The molecule has 4 aromatic rings. The van der Waals surface area contributed by atoms with Gasteiger partial charge in [-0.2, -0.15) is 0 Å². The minimum atomic E-state index is -4.09. The largest absolute Gasteiger partial charge is 0.352 e. The van der Waals surface area contributed by atoms with Crippen LogP contribution >= 0.6 is 0 Å². The lowest BCUT2D eigenvalue weighted by atomic mass is 10.2. The van der Waals surface area contributed by atoms with Crippen LogP contribution in [0.1, 0.15) is 29.2 Å². The van der Waals surface area contributed by atoms with Crippen molar-refractivity contribution in [1.29, 1.82) is 0 Å². The van der Waals surface area contributed by atoms with Crippen LogP contribution in [-0.2, 0) is 29.6 Å². The van der Waals surface area contributed by atoms with Crippen molar-refractivity contribution in [2.24, 2.45) is 0 Å². The summed E-state index contributed by atoms with van der Waals surface area (Å²) in [5, 5.41) is 5.46. The van der Waals surface area contributed by atoms with Gasteiger partial charge in [0.05, 0.1) is 21.2 Å². The second kappa shape index (κ2) is 14.8. The maximum atomic E-state index is 13.7. The van der Waals surface area contributed by atoms with Crippen molar-refractivity contribution >= 4 is 43.2 Å². The molecule has 0 saturated heterocycles. The number of carbonyl (C=O) groups is 2. The maximum Gasteiger partial charge on any atom is 0.264 e. The van der Waals surface area contributed by atoms with Crippen molar-refractivity contribution in [3.63, 3.8) is 0 Å². The second-order valence-corrected chi connectivity index (χ2v) is 15.2. The van der Waals surface area contributed by atoms with Gasteiger partial charge in [0, 0.05) is 12.6 Å². The number of hydrogen-bond acceptors (Lipinski definition) is 6. The number of aryl methyl sites for hydroxylation is 4. The van der Waals surface area contributed by atoms with Crippen molar-refractivity contribution in [2.45, 2.75) is 50.5 Å². The van der Waals surface area contributed by atoms with E-state index in [2.05, 4.69) is 10.6 Å². The lowest BCUT2D eigenvalue weighted by Gasteiger charge is -2.27. The highest BCUT2D eigenvalue weighted by atomic mass is 32.2. The highest BCUT2D eigenvalue weighted by molar-refractivity contribution is 7.93. The van der Waals surface area contributed by atoms with Gasteiger partial charge < -0.3 is 10.6 Å². The van der Waals surface area contributed by atoms with Crippen LogP contribution in [0, 0.1) is 27.7 Å². The summed E-state index contributed by atoms with van der Waals surface area (Å²) in [4.78, 5) is 26.5. The van der Waals surface area contributed by atoms with E-state index in [1.54, 1.807) is 93.6 Å². The first-order valence-electron chi connectivity index (χ1n) is 15.1. The Morgan fingerprint density at radius 2 is 0.979 bits per heavy atom.